The van der Waals surface area contributed by atoms with Crippen molar-refractivity contribution in [1.29, 1.82) is 0 Å². The van der Waals surface area contributed by atoms with E-state index in [1.807, 2.05) is 0 Å². The highest BCUT2D eigenvalue weighted by Crippen LogP contribution is 2.20. The molecule has 2 atom stereocenters. The topological polar surface area (TPSA) is 84.1 Å². The number of nitrogen functional groups attached to an aromatic ring is 1. The SMILES string of the molecule is Nc1nccc(NC2CCCCCC2O)n1. The molecule has 1 aromatic rings. The Morgan fingerprint density at radius 3 is 2.94 bits per heavy atom. The van der Waals surface area contributed by atoms with Crippen LogP contribution in [-0.2, 0) is 0 Å². The van der Waals surface area contributed by atoms with Gasteiger partial charge in [-0.1, -0.05) is 19.3 Å². The largest absolute Gasteiger partial charge is 0.391 e. The first-order chi connectivity index (χ1) is 7.75. The Labute approximate surface area is 95.1 Å². The Morgan fingerprint density at radius 2 is 2.12 bits per heavy atom. The van der Waals surface area contributed by atoms with Crippen LogP contribution in [0.2, 0.25) is 0 Å². The number of nitrogens with one attached hydrogen (secondary N) is 1. The van der Waals surface area contributed by atoms with Gasteiger partial charge < -0.3 is 16.2 Å². The van der Waals surface area contributed by atoms with E-state index in [0.29, 0.717) is 5.82 Å². The number of nitrogens with two attached hydrogens (primary N) is 1. The van der Waals surface area contributed by atoms with Crippen LogP contribution in [0, 0.1) is 0 Å². The lowest BCUT2D eigenvalue weighted by Crippen LogP contribution is -2.32. The van der Waals surface area contributed by atoms with Gasteiger partial charge in [0.25, 0.3) is 0 Å². The second kappa shape index (κ2) is 5.12. The molecule has 2 rings (SSSR count). The fraction of sp³-hybridized carbons (Fsp3) is 0.636. The minimum absolute atomic E-state index is 0.0804. The number of hydrogen-bond acceptors (Lipinski definition) is 5. The summed E-state index contributed by atoms with van der Waals surface area (Å²) in [5.41, 5.74) is 5.50. The third-order valence-electron chi connectivity index (χ3n) is 2.99. The van der Waals surface area contributed by atoms with E-state index in [4.69, 9.17) is 5.73 Å². The van der Waals surface area contributed by atoms with E-state index < -0.39 is 0 Å². The maximum absolute atomic E-state index is 9.94. The van der Waals surface area contributed by atoms with Gasteiger partial charge in [0, 0.05) is 6.20 Å². The highest BCUT2D eigenvalue weighted by Gasteiger charge is 2.21. The summed E-state index contributed by atoms with van der Waals surface area (Å²) in [5.74, 6) is 0.951. The lowest BCUT2D eigenvalue weighted by molar-refractivity contribution is 0.144. The minimum atomic E-state index is -0.293. The second-order valence-corrected chi connectivity index (χ2v) is 4.26. The fourth-order valence-corrected chi connectivity index (χ4v) is 2.10. The number of rotatable bonds is 2. The van der Waals surface area contributed by atoms with Crippen LogP contribution in [0.15, 0.2) is 12.3 Å². The zero-order valence-corrected chi connectivity index (χ0v) is 9.26. The summed E-state index contributed by atoms with van der Waals surface area (Å²) in [7, 11) is 0. The van der Waals surface area contributed by atoms with Crippen LogP contribution in [-0.4, -0.2) is 27.2 Å². The van der Waals surface area contributed by atoms with Gasteiger partial charge >= 0.3 is 0 Å². The van der Waals surface area contributed by atoms with Crippen molar-refractivity contribution in [2.24, 2.45) is 0 Å². The Balaban J connectivity index is 2.02. The average Bonchev–Trinajstić information content (AvgIpc) is 2.45. The number of nitrogens with zero attached hydrogens (tertiary/aromatic N) is 2. The molecule has 2 unspecified atom stereocenters. The van der Waals surface area contributed by atoms with E-state index in [1.54, 1.807) is 12.3 Å². The van der Waals surface area contributed by atoms with Crippen molar-refractivity contribution in [3.63, 3.8) is 0 Å². The van der Waals surface area contributed by atoms with Crippen LogP contribution >= 0.6 is 0 Å². The zero-order valence-electron chi connectivity index (χ0n) is 9.26. The first kappa shape index (κ1) is 11.1. The first-order valence-corrected chi connectivity index (χ1v) is 5.79. The molecule has 1 heterocycles. The molecule has 1 aliphatic rings. The van der Waals surface area contributed by atoms with Gasteiger partial charge in [-0.3, -0.25) is 0 Å². The van der Waals surface area contributed by atoms with E-state index in [-0.39, 0.29) is 18.1 Å². The molecular weight excluding hydrogens is 204 g/mol. The van der Waals surface area contributed by atoms with E-state index in [1.165, 1.54) is 6.42 Å². The lowest BCUT2D eigenvalue weighted by Gasteiger charge is -2.22. The van der Waals surface area contributed by atoms with Crippen LogP contribution in [0.25, 0.3) is 0 Å². The number of hydrogen-bond donors (Lipinski definition) is 3. The summed E-state index contributed by atoms with van der Waals surface area (Å²) in [6, 6.07) is 1.85. The highest BCUT2D eigenvalue weighted by molar-refractivity contribution is 5.38. The summed E-state index contributed by atoms with van der Waals surface area (Å²) >= 11 is 0. The Hall–Kier alpha value is -1.36. The van der Waals surface area contributed by atoms with Gasteiger partial charge in [0.1, 0.15) is 5.82 Å². The van der Waals surface area contributed by atoms with Crippen LogP contribution in [0.5, 0.6) is 0 Å². The summed E-state index contributed by atoms with van der Waals surface area (Å²) in [6.45, 7) is 0. The fourth-order valence-electron chi connectivity index (χ4n) is 2.10. The van der Waals surface area contributed by atoms with Crippen LogP contribution in [0.1, 0.15) is 32.1 Å². The predicted octanol–water partition coefficient (Wildman–Crippen LogP) is 1.16. The van der Waals surface area contributed by atoms with Crippen LogP contribution in [0.4, 0.5) is 11.8 Å². The summed E-state index contributed by atoms with van der Waals surface area (Å²) in [4.78, 5) is 7.91. The predicted molar refractivity (Wildman–Crippen MR) is 62.9 cm³/mol. The number of aliphatic hydroxyl groups excluding tert-OH is 1. The quantitative estimate of drug-likeness (QED) is 0.654. The van der Waals surface area contributed by atoms with Crippen molar-refractivity contribution in [1.82, 2.24) is 9.97 Å². The van der Waals surface area contributed by atoms with Gasteiger partial charge in [0.05, 0.1) is 12.1 Å². The molecular formula is C11H18N4O. The summed E-state index contributed by atoms with van der Waals surface area (Å²) < 4.78 is 0. The molecule has 0 radical (unpaired) electrons. The molecule has 0 aromatic carbocycles. The van der Waals surface area contributed by atoms with E-state index in [9.17, 15) is 5.11 Å². The molecule has 0 amide bonds. The van der Waals surface area contributed by atoms with Gasteiger partial charge in [-0.05, 0) is 18.9 Å². The molecule has 5 nitrogen and oxygen atoms in total. The van der Waals surface area contributed by atoms with Crippen molar-refractivity contribution in [3.8, 4) is 0 Å². The Morgan fingerprint density at radius 1 is 1.31 bits per heavy atom. The highest BCUT2D eigenvalue weighted by atomic mass is 16.3. The molecule has 16 heavy (non-hydrogen) atoms. The van der Waals surface area contributed by atoms with Crippen molar-refractivity contribution < 1.29 is 5.11 Å². The summed E-state index contributed by atoms with van der Waals surface area (Å²) in [5, 5.41) is 13.2. The minimum Gasteiger partial charge on any atom is -0.391 e. The summed E-state index contributed by atoms with van der Waals surface area (Å²) in [6.07, 6.45) is 6.61. The van der Waals surface area contributed by atoms with Crippen LogP contribution in [0.3, 0.4) is 0 Å². The molecule has 5 heteroatoms. The standard InChI is InChI=1S/C11H18N4O/c12-11-13-7-6-10(15-11)14-8-4-2-1-3-5-9(8)16/h6-9,16H,1-5H2,(H3,12,13,14,15). The number of aromatic nitrogens is 2. The first-order valence-electron chi connectivity index (χ1n) is 5.79. The third-order valence-corrected chi connectivity index (χ3v) is 2.99. The molecule has 0 aliphatic heterocycles. The zero-order chi connectivity index (χ0) is 11.4. The monoisotopic (exact) mass is 222 g/mol. The van der Waals surface area contributed by atoms with Crippen molar-refractivity contribution in [3.05, 3.63) is 12.3 Å². The normalized spacial score (nSPS) is 26.1. The molecule has 0 spiro atoms. The molecule has 0 saturated heterocycles. The maximum atomic E-state index is 9.94. The number of aliphatic hydroxyl groups is 1. The molecule has 1 saturated carbocycles. The third kappa shape index (κ3) is 2.82. The van der Waals surface area contributed by atoms with Gasteiger partial charge in [0.15, 0.2) is 0 Å². The van der Waals surface area contributed by atoms with Gasteiger partial charge in [-0.25, -0.2) is 4.98 Å². The van der Waals surface area contributed by atoms with Gasteiger partial charge in [-0.15, -0.1) is 0 Å². The van der Waals surface area contributed by atoms with Gasteiger partial charge in [0.2, 0.25) is 5.95 Å². The van der Waals surface area contributed by atoms with Crippen molar-refractivity contribution >= 4 is 11.8 Å². The second-order valence-electron chi connectivity index (χ2n) is 4.26. The van der Waals surface area contributed by atoms with E-state index >= 15 is 0 Å². The van der Waals surface area contributed by atoms with Crippen molar-refractivity contribution in [2.45, 2.75) is 44.2 Å². The van der Waals surface area contributed by atoms with Gasteiger partial charge in [-0.2, -0.15) is 4.98 Å². The number of anilines is 2. The van der Waals surface area contributed by atoms with Crippen molar-refractivity contribution in [2.75, 3.05) is 11.1 Å². The van der Waals surface area contributed by atoms with E-state index in [0.717, 1.165) is 25.7 Å². The van der Waals surface area contributed by atoms with E-state index in [2.05, 4.69) is 15.3 Å². The smallest absolute Gasteiger partial charge is 0.221 e. The Bertz CT molecular complexity index is 345. The molecule has 4 N–H and O–H groups in total. The average molecular weight is 222 g/mol. The maximum Gasteiger partial charge on any atom is 0.221 e. The molecule has 0 bridgehead atoms. The molecule has 1 fully saturated rings. The Kier molecular flexibility index (Phi) is 3.56. The van der Waals surface area contributed by atoms with Crippen LogP contribution < -0.4 is 11.1 Å². The lowest BCUT2D eigenvalue weighted by atomic mass is 10.1. The molecule has 1 aliphatic carbocycles. The molecule has 1 aromatic heterocycles. The molecule has 88 valence electrons.